The lowest BCUT2D eigenvalue weighted by Crippen LogP contribution is -1.88. The van der Waals surface area contributed by atoms with Crippen molar-refractivity contribution in [3.8, 4) is 28.1 Å². The predicted octanol–water partition coefficient (Wildman–Crippen LogP) is 6.63. The number of nitrogens with zero attached hydrogens (tertiary/aromatic N) is 1. The summed E-state index contributed by atoms with van der Waals surface area (Å²) >= 11 is 0. The van der Waals surface area contributed by atoms with Crippen LogP contribution >= 0.6 is 0 Å². The van der Waals surface area contributed by atoms with Crippen LogP contribution < -0.4 is 0 Å². The number of hydrogen-bond donors (Lipinski definition) is 1. The Hall–Kier alpha value is -2.61. The quantitative estimate of drug-likeness (QED) is 0.464. The second kappa shape index (κ2) is 9.19. The molecule has 3 rings (SSSR count). The highest BCUT2D eigenvalue weighted by Gasteiger charge is 2.03. The van der Waals surface area contributed by atoms with Gasteiger partial charge in [-0.2, -0.15) is 0 Å². The first-order valence-electron chi connectivity index (χ1n) is 9.61. The van der Waals surface area contributed by atoms with E-state index in [0.717, 1.165) is 16.8 Å². The molecule has 26 heavy (non-hydrogen) atoms. The lowest BCUT2D eigenvalue weighted by atomic mass is 10.0. The van der Waals surface area contributed by atoms with Gasteiger partial charge in [0.05, 0.1) is 5.69 Å². The van der Waals surface area contributed by atoms with Crippen molar-refractivity contribution in [2.75, 3.05) is 0 Å². The van der Waals surface area contributed by atoms with Crippen LogP contribution in [0.1, 0.15) is 44.6 Å². The van der Waals surface area contributed by atoms with Crippen molar-refractivity contribution < 1.29 is 5.11 Å². The summed E-state index contributed by atoms with van der Waals surface area (Å²) in [6.07, 6.45) is 9.71. The van der Waals surface area contributed by atoms with Crippen LogP contribution in [0.4, 0.5) is 0 Å². The molecule has 0 aliphatic rings. The maximum atomic E-state index is 9.39. The van der Waals surface area contributed by atoms with Crippen LogP contribution in [0.2, 0.25) is 0 Å². The van der Waals surface area contributed by atoms with Gasteiger partial charge in [-0.15, -0.1) is 0 Å². The van der Waals surface area contributed by atoms with E-state index in [1.54, 1.807) is 12.1 Å². The number of benzene rings is 2. The molecular weight excluding hydrogens is 318 g/mol. The Morgan fingerprint density at radius 2 is 1.35 bits per heavy atom. The number of pyridine rings is 1. The Morgan fingerprint density at radius 1 is 0.692 bits per heavy atom. The molecule has 0 aliphatic heterocycles. The van der Waals surface area contributed by atoms with E-state index in [0.29, 0.717) is 0 Å². The molecule has 3 aromatic rings. The average Bonchev–Trinajstić information content (AvgIpc) is 2.69. The fourth-order valence-corrected chi connectivity index (χ4v) is 3.16. The standard InChI is InChI=1S/C24H27NO/c1-2-3-4-5-6-7-19-8-10-20(11-9-19)22-14-17-24(25-18-22)21-12-15-23(26)16-13-21/h8-18,26H,2-7H2,1H3. The second-order valence-corrected chi connectivity index (χ2v) is 6.84. The maximum Gasteiger partial charge on any atom is 0.115 e. The Morgan fingerprint density at radius 3 is 2.00 bits per heavy atom. The molecule has 0 bridgehead atoms. The maximum absolute atomic E-state index is 9.39. The van der Waals surface area contributed by atoms with Crippen molar-refractivity contribution in [2.24, 2.45) is 0 Å². The van der Waals surface area contributed by atoms with E-state index in [1.165, 1.54) is 49.7 Å². The summed E-state index contributed by atoms with van der Waals surface area (Å²) in [4.78, 5) is 4.57. The lowest BCUT2D eigenvalue weighted by molar-refractivity contribution is 0.475. The normalized spacial score (nSPS) is 10.8. The van der Waals surface area contributed by atoms with E-state index < -0.39 is 0 Å². The highest BCUT2D eigenvalue weighted by atomic mass is 16.3. The zero-order valence-corrected chi connectivity index (χ0v) is 15.5. The van der Waals surface area contributed by atoms with Gasteiger partial charge in [0.25, 0.3) is 0 Å². The number of aryl methyl sites for hydroxylation is 1. The Kier molecular flexibility index (Phi) is 6.43. The molecule has 0 atom stereocenters. The summed E-state index contributed by atoms with van der Waals surface area (Å²) < 4.78 is 0. The fraction of sp³-hybridized carbons (Fsp3) is 0.292. The zero-order chi connectivity index (χ0) is 18.2. The highest BCUT2D eigenvalue weighted by molar-refractivity contribution is 5.67. The minimum absolute atomic E-state index is 0.274. The molecule has 0 fully saturated rings. The predicted molar refractivity (Wildman–Crippen MR) is 109 cm³/mol. The highest BCUT2D eigenvalue weighted by Crippen LogP contribution is 2.24. The molecule has 1 heterocycles. The number of aromatic hydroxyl groups is 1. The van der Waals surface area contributed by atoms with Crippen LogP contribution in [0.25, 0.3) is 22.4 Å². The van der Waals surface area contributed by atoms with Crippen LogP contribution in [0.15, 0.2) is 66.9 Å². The second-order valence-electron chi connectivity index (χ2n) is 6.84. The summed E-state index contributed by atoms with van der Waals surface area (Å²) in [6.45, 7) is 2.25. The molecule has 2 aromatic carbocycles. The molecule has 0 saturated heterocycles. The summed E-state index contributed by atoms with van der Waals surface area (Å²) in [5.74, 6) is 0.274. The smallest absolute Gasteiger partial charge is 0.115 e. The third-order valence-electron chi connectivity index (χ3n) is 4.78. The summed E-state index contributed by atoms with van der Waals surface area (Å²) in [5, 5.41) is 9.39. The first-order chi connectivity index (χ1) is 12.8. The van der Waals surface area contributed by atoms with E-state index in [1.807, 2.05) is 24.4 Å². The number of hydrogen-bond acceptors (Lipinski definition) is 2. The van der Waals surface area contributed by atoms with Crippen molar-refractivity contribution in [3.63, 3.8) is 0 Å². The van der Waals surface area contributed by atoms with Crippen LogP contribution in [-0.2, 0) is 6.42 Å². The largest absolute Gasteiger partial charge is 0.508 e. The zero-order valence-electron chi connectivity index (χ0n) is 15.5. The van der Waals surface area contributed by atoms with Gasteiger partial charge in [0.15, 0.2) is 0 Å². The van der Waals surface area contributed by atoms with Crippen molar-refractivity contribution in [1.82, 2.24) is 4.98 Å². The number of phenols is 1. The van der Waals surface area contributed by atoms with Gasteiger partial charge < -0.3 is 5.11 Å². The van der Waals surface area contributed by atoms with Gasteiger partial charge in [0, 0.05) is 17.3 Å². The van der Waals surface area contributed by atoms with Gasteiger partial charge in [0.1, 0.15) is 5.75 Å². The van der Waals surface area contributed by atoms with E-state index in [9.17, 15) is 5.11 Å². The van der Waals surface area contributed by atoms with E-state index in [-0.39, 0.29) is 5.75 Å². The number of aromatic nitrogens is 1. The fourth-order valence-electron chi connectivity index (χ4n) is 3.16. The first kappa shape index (κ1) is 18.2. The molecule has 0 unspecified atom stereocenters. The third-order valence-corrected chi connectivity index (χ3v) is 4.78. The third kappa shape index (κ3) is 4.95. The topological polar surface area (TPSA) is 33.1 Å². The Labute approximate surface area is 156 Å². The molecule has 0 aliphatic carbocycles. The van der Waals surface area contributed by atoms with E-state index >= 15 is 0 Å². The molecular formula is C24H27NO. The number of unbranched alkanes of at least 4 members (excludes halogenated alkanes) is 4. The molecule has 2 nitrogen and oxygen atoms in total. The van der Waals surface area contributed by atoms with E-state index in [4.69, 9.17) is 0 Å². The summed E-state index contributed by atoms with van der Waals surface area (Å²) in [7, 11) is 0. The van der Waals surface area contributed by atoms with Crippen LogP contribution in [0.3, 0.4) is 0 Å². The Balaban J connectivity index is 1.61. The molecule has 0 radical (unpaired) electrons. The van der Waals surface area contributed by atoms with Crippen molar-refractivity contribution in [2.45, 2.75) is 45.4 Å². The van der Waals surface area contributed by atoms with Crippen molar-refractivity contribution in [3.05, 3.63) is 72.4 Å². The lowest BCUT2D eigenvalue weighted by Gasteiger charge is -2.06. The minimum atomic E-state index is 0.274. The minimum Gasteiger partial charge on any atom is -0.508 e. The molecule has 0 saturated carbocycles. The van der Waals surface area contributed by atoms with Gasteiger partial charge in [-0.1, -0.05) is 62.9 Å². The van der Waals surface area contributed by atoms with E-state index in [2.05, 4.69) is 42.2 Å². The van der Waals surface area contributed by atoms with Crippen molar-refractivity contribution in [1.29, 1.82) is 0 Å². The molecule has 134 valence electrons. The van der Waals surface area contributed by atoms with Gasteiger partial charge in [-0.05, 0) is 54.3 Å². The summed E-state index contributed by atoms with van der Waals surface area (Å²) in [6, 6.07) is 20.1. The van der Waals surface area contributed by atoms with Crippen molar-refractivity contribution >= 4 is 0 Å². The molecule has 1 aromatic heterocycles. The SMILES string of the molecule is CCCCCCCc1ccc(-c2ccc(-c3ccc(O)cc3)nc2)cc1. The number of rotatable bonds is 8. The Bertz CT molecular complexity index is 789. The molecule has 0 amide bonds. The first-order valence-corrected chi connectivity index (χ1v) is 9.61. The van der Waals surface area contributed by atoms with Crippen LogP contribution in [0.5, 0.6) is 5.75 Å². The number of phenolic OH excluding ortho intramolecular Hbond substituents is 1. The van der Waals surface area contributed by atoms with Gasteiger partial charge in [-0.3, -0.25) is 4.98 Å². The molecule has 2 heteroatoms. The van der Waals surface area contributed by atoms with Gasteiger partial charge in [-0.25, -0.2) is 0 Å². The van der Waals surface area contributed by atoms with Crippen LogP contribution in [0, 0.1) is 0 Å². The van der Waals surface area contributed by atoms with Crippen LogP contribution in [-0.4, -0.2) is 10.1 Å². The molecule has 1 N–H and O–H groups in total. The van der Waals surface area contributed by atoms with Gasteiger partial charge in [0.2, 0.25) is 0 Å². The molecule has 0 spiro atoms. The average molecular weight is 345 g/mol. The summed E-state index contributed by atoms with van der Waals surface area (Å²) in [5.41, 5.74) is 5.66. The van der Waals surface area contributed by atoms with Gasteiger partial charge >= 0.3 is 0 Å². The monoisotopic (exact) mass is 345 g/mol.